The number of benzene rings is 2. The van der Waals surface area contributed by atoms with Gasteiger partial charge in [-0.1, -0.05) is 35.3 Å². The van der Waals surface area contributed by atoms with Crippen molar-refractivity contribution in [2.45, 2.75) is 6.61 Å². The molecule has 21 heavy (non-hydrogen) atoms. The summed E-state index contributed by atoms with van der Waals surface area (Å²) < 4.78 is 5.42. The minimum Gasteiger partial charge on any atom is -0.482 e. The Morgan fingerprint density at radius 1 is 1.24 bits per heavy atom. The van der Waals surface area contributed by atoms with Crippen molar-refractivity contribution in [3.8, 4) is 5.75 Å². The first kappa shape index (κ1) is 15.3. The van der Waals surface area contributed by atoms with Crippen LogP contribution in [-0.2, 0) is 6.61 Å². The summed E-state index contributed by atoms with van der Waals surface area (Å²) in [5, 5.41) is 11.7. The Labute approximate surface area is 130 Å². The van der Waals surface area contributed by atoms with E-state index >= 15 is 0 Å². The van der Waals surface area contributed by atoms with Gasteiger partial charge in [-0.2, -0.15) is 0 Å². The van der Waals surface area contributed by atoms with E-state index in [0.717, 1.165) is 6.07 Å². The number of hydrogen-bond acceptors (Lipinski definition) is 4. The van der Waals surface area contributed by atoms with Crippen LogP contribution < -0.4 is 4.74 Å². The Hall–Kier alpha value is -2.11. The van der Waals surface area contributed by atoms with Gasteiger partial charge in [-0.15, -0.1) is 0 Å². The highest BCUT2D eigenvalue weighted by atomic mass is 35.5. The van der Waals surface area contributed by atoms with E-state index in [1.807, 2.05) is 0 Å². The maximum absolute atomic E-state index is 11.0. The van der Waals surface area contributed by atoms with Crippen LogP contribution in [0.2, 0.25) is 10.0 Å². The van der Waals surface area contributed by atoms with Crippen LogP contribution >= 0.6 is 23.2 Å². The highest BCUT2D eigenvalue weighted by molar-refractivity contribution is 6.42. The molecule has 0 fully saturated rings. The average Bonchev–Trinajstić information content (AvgIpc) is 2.48. The summed E-state index contributed by atoms with van der Waals surface area (Å²) in [7, 11) is 0. The first-order valence-electron chi connectivity index (χ1n) is 5.82. The molecule has 2 aromatic carbocycles. The second-order valence-electron chi connectivity index (χ2n) is 4.10. The van der Waals surface area contributed by atoms with Crippen LogP contribution in [0, 0.1) is 10.1 Å². The smallest absolute Gasteiger partial charge is 0.311 e. The predicted octanol–water partition coefficient (Wildman–Crippen LogP) is 4.29. The zero-order valence-corrected chi connectivity index (χ0v) is 12.1. The zero-order chi connectivity index (χ0) is 15.4. The minimum absolute atomic E-state index is 0.0284. The lowest BCUT2D eigenvalue weighted by Crippen LogP contribution is -2.00. The van der Waals surface area contributed by atoms with Crippen molar-refractivity contribution < 1.29 is 14.5 Å². The van der Waals surface area contributed by atoms with Gasteiger partial charge in [-0.25, -0.2) is 0 Å². The van der Waals surface area contributed by atoms with E-state index in [2.05, 4.69) is 0 Å². The highest BCUT2D eigenvalue weighted by Gasteiger charge is 2.16. The monoisotopic (exact) mass is 325 g/mol. The molecule has 0 heterocycles. The quantitative estimate of drug-likeness (QED) is 0.467. The molecular formula is C14H9Cl2NO4. The molecule has 7 heteroatoms. The molecule has 0 N–H and O–H groups in total. The van der Waals surface area contributed by atoms with Gasteiger partial charge in [0.15, 0.2) is 5.75 Å². The van der Waals surface area contributed by atoms with Crippen LogP contribution in [0.4, 0.5) is 5.69 Å². The van der Waals surface area contributed by atoms with Crippen LogP contribution in [-0.4, -0.2) is 11.2 Å². The van der Waals surface area contributed by atoms with Crippen LogP contribution in [0.15, 0.2) is 36.4 Å². The normalized spacial score (nSPS) is 10.2. The van der Waals surface area contributed by atoms with Gasteiger partial charge in [0.2, 0.25) is 0 Å². The zero-order valence-electron chi connectivity index (χ0n) is 10.6. The fourth-order valence-electron chi connectivity index (χ4n) is 1.69. The molecule has 0 amide bonds. The summed E-state index contributed by atoms with van der Waals surface area (Å²) >= 11 is 11.9. The fraction of sp³-hybridized carbons (Fsp3) is 0.0714. The van der Waals surface area contributed by atoms with Crippen molar-refractivity contribution in [3.05, 3.63) is 67.7 Å². The lowest BCUT2D eigenvalue weighted by Gasteiger charge is -2.09. The largest absolute Gasteiger partial charge is 0.482 e. The molecule has 0 aliphatic rings. The van der Waals surface area contributed by atoms with E-state index in [-0.39, 0.29) is 23.6 Å². The predicted molar refractivity (Wildman–Crippen MR) is 79.3 cm³/mol. The van der Waals surface area contributed by atoms with Crippen molar-refractivity contribution in [2.24, 2.45) is 0 Å². The molecule has 0 aliphatic carbocycles. The third kappa shape index (κ3) is 3.51. The van der Waals surface area contributed by atoms with Crippen LogP contribution in [0.5, 0.6) is 5.75 Å². The molecule has 0 atom stereocenters. The van der Waals surface area contributed by atoms with Gasteiger partial charge in [-0.3, -0.25) is 14.9 Å². The van der Waals surface area contributed by atoms with Crippen molar-refractivity contribution in [3.63, 3.8) is 0 Å². The molecule has 108 valence electrons. The Morgan fingerprint density at radius 2 is 2.00 bits per heavy atom. The minimum atomic E-state index is -0.609. The van der Waals surface area contributed by atoms with Gasteiger partial charge >= 0.3 is 5.69 Å². The van der Waals surface area contributed by atoms with Gasteiger partial charge in [0.05, 0.1) is 15.0 Å². The Kier molecular flexibility index (Phi) is 4.77. The van der Waals surface area contributed by atoms with Gasteiger partial charge in [0, 0.05) is 17.2 Å². The molecule has 2 rings (SSSR count). The summed E-state index contributed by atoms with van der Waals surface area (Å²) in [4.78, 5) is 21.0. The van der Waals surface area contributed by atoms with Gasteiger partial charge < -0.3 is 4.74 Å². The number of aldehydes is 1. The molecule has 0 unspecified atom stereocenters. The van der Waals surface area contributed by atoms with Crippen molar-refractivity contribution in [2.75, 3.05) is 0 Å². The lowest BCUT2D eigenvalue weighted by atomic mass is 10.2. The van der Waals surface area contributed by atoms with Crippen molar-refractivity contribution in [1.29, 1.82) is 0 Å². The van der Waals surface area contributed by atoms with Crippen molar-refractivity contribution >= 4 is 35.2 Å². The summed E-state index contributed by atoms with van der Waals surface area (Å²) in [6.45, 7) is 0.0284. The summed E-state index contributed by atoms with van der Waals surface area (Å²) in [5.74, 6) is 0.0571. The van der Waals surface area contributed by atoms with Gasteiger partial charge in [0.1, 0.15) is 12.9 Å². The molecule has 0 bridgehead atoms. The number of carbonyl (C=O) groups is 1. The van der Waals surface area contributed by atoms with Gasteiger partial charge in [0.25, 0.3) is 0 Å². The molecule has 0 saturated heterocycles. The third-order valence-corrected chi connectivity index (χ3v) is 3.59. The molecule has 0 aliphatic heterocycles. The molecular weight excluding hydrogens is 317 g/mol. The first-order valence-corrected chi connectivity index (χ1v) is 6.58. The lowest BCUT2D eigenvalue weighted by molar-refractivity contribution is -0.386. The number of halogens is 2. The third-order valence-electron chi connectivity index (χ3n) is 2.73. The maximum Gasteiger partial charge on any atom is 0.311 e. The Balaban J connectivity index is 2.25. The SMILES string of the molecule is O=Cc1ccc(OCc2cccc(Cl)c2Cl)c([N+](=O)[O-])c1. The number of nitro benzene ring substituents is 1. The molecule has 5 nitrogen and oxygen atoms in total. The molecule has 0 spiro atoms. The summed E-state index contributed by atoms with van der Waals surface area (Å²) in [6.07, 6.45) is 0.532. The first-order chi connectivity index (χ1) is 10.0. The maximum atomic E-state index is 11.0. The summed E-state index contributed by atoms with van der Waals surface area (Å²) in [6, 6.07) is 9.02. The van der Waals surface area contributed by atoms with Crippen LogP contribution in [0.25, 0.3) is 0 Å². The molecule has 0 aromatic heterocycles. The standard InChI is InChI=1S/C14H9Cl2NO4/c15-11-3-1-2-10(14(11)16)8-21-13-5-4-9(7-18)6-12(13)17(19)20/h1-7H,8H2. The number of rotatable bonds is 5. The number of hydrogen-bond donors (Lipinski definition) is 0. The number of ether oxygens (including phenoxy) is 1. The van der Waals surface area contributed by atoms with Crippen molar-refractivity contribution in [1.82, 2.24) is 0 Å². The van der Waals surface area contributed by atoms with E-state index in [9.17, 15) is 14.9 Å². The van der Waals surface area contributed by atoms with Crippen LogP contribution in [0.3, 0.4) is 0 Å². The van der Waals surface area contributed by atoms with E-state index in [1.54, 1.807) is 18.2 Å². The van der Waals surface area contributed by atoms with Gasteiger partial charge in [-0.05, 0) is 18.2 Å². The molecule has 0 saturated carbocycles. The van der Waals surface area contributed by atoms with E-state index in [4.69, 9.17) is 27.9 Å². The van der Waals surface area contributed by atoms with E-state index in [1.165, 1.54) is 12.1 Å². The topological polar surface area (TPSA) is 69.4 Å². The molecule has 2 aromatic rings. The Morgan fingerprint density at radius 3 is 2.67 bits per heavy atom. The second kappa shape index (κ2) is 6.56. The number of nitro groups is 1. The molecule has 0 radical (unpaired) electrons. The average molecular weight is 326 g/mol. The second-order valence-corrected chi connectivity index (χ2v) is 4.89. The number of nitrogens with zero attached hydrogens (tertiary/aromatic N) is 1. The highest BCUT2D eigenvalue weighted by Crippen LogP contribution is 2.30. The fourth-order valence-corrected chi connectivity index (χ4v) is 2.06. The summed E-state index contributed by atoms with van der Waals surface area (Å²) in [5.41, 5.74) is 0.533. The van der Waals surface area contributed by atoms with E-state index < -0.39 is 4.92 Å². The Bertz CT molecular complexity index is 703. The number of carbonyl (C=O) groups excluding carboxylic acids is 1. The van der Waals surface area contributed by atoms with E-state index in [0.29, 0.717) is 21.9 Å². The van der Waals surface area contributed by atoms with Crippen LogP contribution in [0.1, 0.15) is 15.9 Å².